The lowest BCUT2D eigenvalue weighted by molar-refractivity contribution is -0.380. The molecule has 2 N–H and O–H groups in total. The van der Waals surface area contributed by atoms with Crippen molar-refractivity contribution in [2.45, 2.75) is 38.0 Å². The van der Waals surface area contributed by atoms with Crippen molar-refractivity contribution in [1.82, 2.24) is 10.2 Å². The van der Waals surface area contributed by atoms with E-state index in [4.69, 9.17) is 4.74 Å². The predicted octanol–water partition coefficient (Wildman–Crippen LogP) is 1.64. The largest absolute Gasteiger partial charge is 0.484 e. The second-order valence-electron chi connectivity index (χ2n) is 5.94. The molecule has 0 saturated carbocycles. The summed E-state index contributed by atoms with van der Waals surface area (Å²) in [6.07, 6.45) is -0.207. The van der Waals surface area contributed by atoms with Crippen LogP contribution in [0.1, 0.15) is 31.2 Å². The number of aliphatic hydroxyl groups is 1. The lowest BCUT2D eigenvalue weighted by Crippen LogP contribution is -2.57. The molecular formula is C13H17N3O5S. The van der Waals surface area contributed by atoms with Crippen LogP contribution in [0.5, 0.6) is 5.75 Å². The summed E-state index contributed by atoms with van der Waals surface area (Å²) >= 11 is 0.946. The zero-order valence-electron chi connectivity index (χ0n) is 12.2. The van der Waals surface area contributed by atoms with Crippen molar-refractivity contribution in [1.29, 1.82) is 0 Å². The van der Waals surface area contributed by atoms with E-state index in [1.165, 1.54) is 11.0 Å². The molecule has 0 bridgehead atoms. The number of rotatable bonds is 2. The Morgan fingerprint density at radius 2 is 2.32 bits per heavy atom. The fourth-order valence-corrected chi connectivity index (χ4v) is 3.89. The van der Waals surface area contributed by atoms with Gasteiger partial charge in [0.15, 0.2) is 0 Å². The molecule has 8 nitrogen and oxygen atoms in total. The first kappa shape index (κ1) is 15.0. The molecule has 0 radical (unpaired) electrons. The standard InChI is InChI=1S/C13H17N3O5S/c1-13(2)11(17)9(15-5-3-4-14-12(15)18)10-7(21-13)6-8(22-10)16(19)20/h6,9,11,17H,3-5H2,1-2H3,(H,14,18)/t9-,11+/m0/s1. The van der Waals surface area contributed by atoms with Crippen molar-refractivity contribution in [2.24, 2.45) is 0 Å². The Labute approximate surface area is 130 Å². The van der Waals surface area contributed by atoms with Crippen LogP contribution in [0.25, 0.3) is 0 Å². The number of nitrogens with one attached hydrogen (secondary N) is 1. The van der Waals surface area contributed by atoms with E-state index < -0.39 is 22.7 Å². The summed E-state index contributed by atoms with van der Waals surface area (Å²) in [4.78, 5) is 24.7. The maximum atomic E-state index is 12.1. The number of nitro groups is 1. The first-order valence-corrected chi connectivity index (χ1v) is 7.82. The quantitative estimate of drug-likeness (QED) is 0.635. The van der Waals surface area contributed by atoms with Crippen LogP contribution in [0.2, 0.25) is 0 Å². The van der Waals surface area contributed by atoms with Gasteiger partial charge in [-0.1, -0.05) is 11.3 Å². The van der Waals surface area contributed by atoms with Crippen LogP contribution in [0.4, 0.5) is 9.80 Å². The lowest BCUT2D eigenvalue weighted by Gasteiger charge is -2.45. The number of carbonyl (C=O) groups excluding carboxylic acids is 1. The number of hydrogen-bond donors (Lipinski definition) is 2. The van der Waals surface area contributed by atoms with E-state index in [2.05, 4.69) is 5.32 Å². The number of hydrogen-bond acceptors (Lipinski definition) is 6. The fraction of sp³-hybridized carbons (Fsp3) is 0.615. The Morgan fingerprint density at radius 1 is 1.59 bits per heavy atom. The minimum absolute atomic E-state index is 0.0580. The normalized spacial score (nSPS) is 26.9. The second-order valence-corrected chi connectivity index (χ2v) is 7.01. The Hall–Kier alpha value is -1.87. The molecule has 2 aliphatic heterocycles. The van der Waals surface area contributed by atoms with E-state index in [0.29, 0.717) is 23.7 Å². The maximum absolute atomic E-state index is 12.1. The molecule has 0 aromatic carbocycles. The van der Waals surface area contributed by atoms with Crippen LogP contribution in [0.3, 0.4) is 0 Å². The van der Waals surface area contributed by atoms with Gasteiger partial charge in [-0.05, 0) is 20.3 Å². The summed E-state index contributed by atoms with van der Waals surface area (Å²) in [5, 5.41) is 24.4. The molecule has 0 spiro atoms. The summed E-state index contributed by atoms with van der Waals surface area (Å²) in [7, 11) is 0. The van der Waals surface area contributed by atoms with E-state index in [1.54, 1.807) is 13.8 Å². The molecule has 1 saturated heterocycles. The molecule has 0 aliphatic carbocycles. The first-order chi connectivity index (χ1) is 10.3. The SMILES string of the molecule is CC1(C)Oc2cc([N+](=O)[O-])sc2[C@H](N2CCCNC2=O)[C@H]1O. The monoisotopic (exact) mass is 327 g/mol. The van der Waals surface area contributed by atoms with Gasteiger partial charge < -0.3 is 20.1 Å². The molecule has 2 aliphatic rings. The van der Waals surface area contributed by atoms with Crippen LogP contribution in [0.15, 0.2) is 6.07 Å². The third kappa shape index (κ3) is 2.30. The first-order valence-electron chi connectivity index (χ1n) is 7.01. The molecule has 3 heterocycles. The Balaban J connectivity index is 2.07. The molecule has 1 fully saturated rings. The van der Waals surface area contributed by atoms with Gasteiger partial charge in [-0.3, -0.25) is 10.1 Å². The molecule has 2 atom stereocenters. The van der Waals surface area contributed by atoms with Crippen LogP contribution in [-0.4, -0.2) is 45.8 Å². The summed E-state index contributed by atoms with van der Waals surface area (Å²) < 4.78 is 5.72. The van der Waals surface area contributed by atoms with Gasteiger partial charge in [0.25, 0.3) is 0 Å². The Kier molecular flexibility index (Phi) is 3.48. The van der Waals surface area contributed by atoms with Gasteiger partial charge in [-0.15, -0.1) is 0 Å². The van der Waals surface area contributed by atoms with Crippen molar-refractivity contribution in [3.63, 3.8) is 0 Å². The number of ether oxygens (including phenoxy) is 1. The molecular weight excluding hydrogens is 310 g/mol. The number of thiophene rings is 1. The zero-order valence-corrected chi connectivity index (χ0v) is 13.1. The van der Waals surface area contributed by atoms with E-state index >= 15 is 0 Å². The van der Waals surface area contributed by atoms with Gasteiger partial charge in [0, 0.05) is 13.1 Å². The van der Waals surface area contributed by atoms with E-state index in [0.717, 1.165) is 17.8 Å². The van der Waals surface area contributed by atoms with Crippen LogP contribution in [0, 0.1) is 10.1 Å². The molecule has 3 rings (SSSR count). The second kappa shape index (κ2) is 5.10. The number of urea groups is 1. The maximum Gasteiger partial charge on any atom is 0.328 e. The summed E-state index contributed by atoms with van der Waals surface area (Å²) in [6.45, 7) is 4.50. The number of amides is 2. The highest BCUT2D eigenvalue weighted by atomic mass is 32.1. The number of fused-ring (bicyclic) bond motifs is 1. The highest BCUT2D eigenvalue weighted by Crippen LogP contribution is 2.49. The highest BCUT2D eigenvalue weighted by Gasteiger charge is 2.49. The van der Waals surface area contributed by atoms with Gasteiger partial charge in [0.1, 0.15) is 23.5 Å². The molecule has 1 aromatic rings. The molecule has 2 amide bonds. The summed E-state index contributed by atoms with van der Waals surface area (Å²) in [5.41, 5.74) is -0.940. The summed E-state index contributed by atoms with van der Waals surface area (Å²) in [6, 6.07) is 0.454. The molecule has 120 valence electrons. The Bertz CT molecular complexity index is 629. The van der Waals surface area contributed by atoms with Gasteiger partial charge >= 0.3 is 11.0 Å². The number of nitrogens with zero attached hydrogens (tertiary/aromatic N) is 2. The third-order valence-electron chi connectivity index (χ3n) is 3.99. The zero-order chi connectivity index (χ0) is 16.1. The highest BCUT2D eigenvalue weighted by molar-refractivity contribution is 7.15. The van der Waals surface area contributed by atoms with E-state index in [9.17, 15) is 20.0 Å². The van der Waals surface area contributed by atoms with Gasteiger partial charge in [-0.2, -0.15) is 0 Å². The third-order valence-corrected chi connectivity index (χ3v) is 5.13. The van der Waals surface area contributed by atoms with Crippen LogP contribution in [-0.2, 0) is 0 Å². The molecule has 0 unspecified atom stereocenters. The average molecular weight is 327 g/mol. The lowest BCUT2D eigenvalue weighted by atomic mass is 9.89. The van der Waals surface area contributed by atoms with Crippen molar-refractivity contribution in [3.05, 3.63) is 21.1 Å². The minimum atomic E-state index is -0.970. The van der Waals surface area contributed by atoms with Crippen molar-refractivity contribution in [3.8, 4) is 5.75 Å². The Morgan fingerprint density at radius 3 is 2.95 bits per heavy atom. The molecule has 9 heteroatoms. The van der Waals surface area contributed by atoms with Gasteiger partial charge in [0.2, 0.25) is 0 Å². The van der Waals surface area contributed by atoms with Crippen LogP contribution < -0.4 is 10.1 Å². The van der Waals surface area contributed by atoms with Crippen LogP contribution >= 0.6 is 11.3 Å². The number of carbonyl (C=O) groups is 1. The van der Waals surface area contributed by atoms with Crippen molar-refractivity contribution in [2.75, 3.05) is 13.1 Å². The predicted molar refractivity (Wildman–Crippen MR) is 79.1 cm³/mol. The molecule has 22 heavy (non-hydrogen) atoms. The van der Waals surface area contributed by atoms with Gasteiger partial charge in [0.05, 0.1) is 15.9 Å². The average Bonchev–Trinajstić information content (AvgIpc) is 2.84. The molecule has 1 aromatic heterocycles. The minimum Gasteiger partial charge on any atom is -0.484 e. The number of aliphatic hydroxyl groups excluding tert-OH is 1. The smallest absolute Gasteiger partial charge is 0.328 e. The van der Waals surface area contributed by atoms with E-state index in [-0.39, 0.29) is 11.0 Å². The van der Waals surface area contributed by atoms with Crippen molar-refractivity contribution >= 4 is 22.4 Å². The van der Waals surface area contributed by atoms with Crippen molar-refractivity contribution < 1.29 is 19.6 Å². The topological polar surface area (TPSA) is 105 Å². The van der Waals surface area contributed by atoms with Gasteiger partial charge in [-0.25, -0.2) is 4.79 Å². The summed E-state index contributed by atoms with van der Waals surface area (Å²) in [5.74, 6) is 0.371. The fourth-order valence-electron chi connectivity index (χ4n) is 2.84. The van der Waals surface area contributed by atoms with E-state index in [1.807, 2.05) is 0 Å².